The van der Waals surface area contributed by atoms with Crippen molar-refractivity contribution >= 4 is 15.9 Å². The van der Waals surface area contributed by atoms with E-state index in [1.807, 2.05) is 6.07 Å². The van der Waals surface area contributed by atoms with Crippen LogP contribution in [0.2, 0.25) is 0 Å². The van der Waals surface area contributed by atoms with E-state index in [1.165, 1.54) is 12.8 Å². The predicted octanol–water partition coefficient (Wildman–Crippen LogP) is 3.94. The Morgan fingerprint density at radius 2 is 2.05 bits per heavy atom. The van der Waals surface area contributed by atoms with E-state index in [9.17, 15) is 4.39 Å². The fourth-order valence-electron chi connectivity index (χ4n) is 3.33. The first-order valence-corrected chi connectivity index (χ1v) is 8.53. The largest absolute Gasteiger partial charge is 0.308 e. The molecule has 1 aliphatic heterocycles. The van der Waals surface area contributed by atoms with E-state index in [1.54, 1.807) is 12.1 Å². The molecule has 1 saturated heterocycles. The molecule has 1 aliphatic carbocycles. The average Bonchev–Trinajstić information content (AvgIpc) is 3.24. The highest BCUT2D eigenvalue weighted by Crippen LogP contribution is 2.42. The van der Waals surface area contributed by atoms with Gasteiger partial charge in [0.25, 0.3) is 0 Å². The van der Waals surface area contributed by atoms with Gasteiger partial charge in [-0.2, -0.15) is 0 Å². The van der Waals surface area contributed by atoms with Crippen molar-refractivity contribution in [1.82, 2.24) is 10.2 Å². The maximum atomic E-state index is 14.1. The number of nitrogens with zero attached hydrogens (tertiary/aromatic N) is 1. The maximum absolute atomic E-state index is 14.1. The standard InChI is InChI=1S/C17H24BrFN2/c1-16(2)10-20-17(3,13-4-5-13)11-21(16)9-12-8-14(18)6-7-15(12)19/h6-8,13,20H,4-5,9-11H2,1-3H3. The third-order valence-corrected chi connectivity index (χ3v) is 5.64. The first-order valence-electron chi connectivity index (χ1n) is 7.74. The normalized spacial score (nSPS) is 29.6. The van der Waals surface area contributed by atoms with Gasteiger partial charge in [0.05, 0.1) is 0 Å². The molecular formula is C17H24BrFN2. The topological polar surface area (TPSA) is 15.3 Å². The first kappa shape index (κ1) is 15.4. The zero-order chi connectivity index (χ0) is 15.3. The third kappa shape index (κ3) is 3.17. The minimum absolute atomic E-state index is 0.0448. The van der Waals surface area contributed by atoms with Gasteiger partial charge in [0.1, 0.15) is 5.82 Å². The third-order valence-electron chi connectivity index (χ3n) is 5.15. The summed E-state index contributed by atoms with van der Waals surface area (Å²) in [5.41, 5.74) is 0.999. The van der Waals surface area contributed by atoms with Crippen molar-refractivity contribution in [1.29, 1.82) is 0 Å². The maximum Gasteiger partial charge on any atom is 0.127 e. The quantitative estimate of drug-likeness (QED) is 0.884. The fraction of sp³-hybridized carbons (Fsp3) is 0.647. The lowest BCUT2D eigenvalue weighted by atomic mass is 9.86. The number of piperazine rings is 1. The van der Waals surface area contributed by atoms with Crippen LogP contribution in [-0.2, 0) is 6.54 Å². The van der Waals surface area contributed by atoms with Crippen molar-refractivity contribution in [3.05, 3.63) is 34.1 Å². The Bertz CT molecular complexity index is 542. The van der Waals surface area contributed by atoms with Gasteiger partial charge in [-0.05, 0) is 57.7 Å². The van der Waals surface area contributed by atoms with Crippen LogP contribution in [0.15, 0.2) is 22.7 Å². The van der Waals surface area contributed by atoms with Crippen LogP contribution in [0, 0.1) is 11.7 Å². The molecule has 1 atom stereocenters. The molecule has 1 aromatic carbocycles. The second kappa shape index (κ2) is 5.32. The van der Waals surface area contributed by atoms with E-state index in [0.29, 0.717) is 6.54 Å². The summed E-state index contributed by atoms with van der Waals surface area (Å²) >= 11 is 3.45. The number of rotatable bonds is 3. The molecule has 0 radical (unpaired) electrons. The van der Waals surface area contributed by atoms with Crippen LogP contribution in [0.5, 0.6) is 0 Å². The van der Waals surface area contributed by atoms with Gasteiger partial charge in [-0.15, -0.1) is 0 Å². The average molecular weight is 355 g/mol. The van der Waals surface area contributed by atoms with Gasteiger partial charge in [-0.1, -0.05) is 15.9 Å². The molecule has 2 fully saturated rings. The number of benzene rings is 1. The zero-order valence-electron chi connectivity index (χ0n) is 13.0. The Labute approximate surface area is 135 Å². The molecule has 0 aromatic heterocycles. The molecule has 0 bridgehead atoms. The Morgan fingerprint density at radius 1 is 1.33 bits per heavy atom. The first-order chi connectivity index (χ1) is 9.80. The lowest BCUT2D eigenvalue weighted by molar-refractivity contribution is 0.0171. The molecule has 2 aliphatic rings. The zero-order valence-corrected chi connectivity index (χ0v) is 14.6. The molecule has 21 heavy (non-hydrogen) atoms. The Morgan fingerprint density at radius 3 is 2.71 bits per heavy atom. The van der Waals surface area contributed by atoms with Crippen LogP contribution < -0.4 is 5.32 Å². The van der Waals surface area contributed by atoms with Crippen LogP contribution >= 0.6 is 15.9 Å². The van der Waals surface area contributed by atoms with Crippen LogP contribution in [0.25, 0.3) is 0 Å². The Hall–Kier alpha value is -0.450. The van der Waals surface area contributed by atoms with Gasteiger partial charge in [0.2, 0.25) is 0 Å². The highest BCUT2D eigenvalue weighted by molar-refractivity contribution is 9.10. The molecule has 1 heterocycles. The molecule has 116 valence electrons. The van der Waals surface area contributed by atoms with E-state index in [0.717, 1.165) is 29.0 Å². The summed E-state index contributed by atoms with van der Waals surface area (Å²) < 4.78 is 15.0. The second-order valence-corrected chi connectivity index (χ2v) is 8.37. The van der Waals surface area contributed by atoms with Crippen LogP contribution in [0.4, 0.5) is 4.39 Å². The smallest absolute Gasteiger partial charge is 0.127 e. The van der Waals surface area contributed by atoms with E-state index in [-0.39, 0.29) is 16.9 Å². The molecule has 4 heteroatoms. The second-order valence-electron chi connectivity index (χ2n) is 7.45. The van der Waals surface area contributed by atoms with Crippen molar-refractivity contribution < 1.29 is 4.39 Å². The molecular weight excluding hydrogens is 331 g/mol. The molecule has 1 aromatic rings. The van der Waals surface area contributed by atoms with Gasteiger partial charge in [0, 0.05) is 40.7 Å². The number of hydrogen-bond donors (Lipinski definition) is 1. The van der Waals surface area contributed by atoms with Gasteiger partial charge < -0.3 is 5.32 Å². The number of hydrogen-bond acceptors (Lipinski definition) is 2. The summed E-state index contributed by atoms with van der Waals surface area (Å²) in [5.74, 6) is 0.670. The van der Waals surface area contributed by atoms with E-state index in [2.05, 4.69) is 46.9 Å². The van der Waals surface area contributed by atoms with Gasteiger partial charge in [-0.25, -0.2) is 4.39 Å². The summed E-state index contributed by atoms with van der Waals surface area (Å²) in [5, 5.41) is 3.74. The van der Waals surface area contributed by atoms with Crippen LogP contribution in [-0.4, -0.2) is 29.1 Å². The highest BCUT2D eigenvalue weighted by Gasteiger charge is 2.48. The molecule has 1 unspecified atom stereocenters. The molecule has 0 spiro atoms. The van der Waals surface area contributed by atoms with Crippen molar-refractivity contribution in [2.24, 2.45) is 5.92 Å². The highest BCUT2D eigenvalue weighted by atomic mass is 79.9. The van der Waals surface area contributed by atoms with Crippen molar-refractivity contribution in [3.8, 4) is 0 Å². The minimum atomic E-state index is -0.111. The van der Waals surface area contributed by atoms with Gasteiger partial charge in [-0.3, -0.25) is 4.90 Å². The van der Waals surface area contributed by atoms with Crippen LogP contribution in [0.1, 0.15) is 39.2 Å². The molecule has 1 N–H and O–H groups in total. The molecule has 0 amide bonds. The SMILES string of the molecule is CC1(C2CC2)CN(Cc2cc(Br)ccc2F)C(C)(C)CN1. The summed E-state index contributed by atoms with van der Waals surface area (Å²) in [4.78, 5) is 2.44. The van der Waals surface area contributed by atoms with Crippen molar-refractivity contribution in [2.75, 3.05) is 13.1 Å². The van der Waals surface area contributed by atoms with Crippen molar-refractivity contribution in [2.45, 2.75) is 51.2 Å². The van der Waals surface area contributed by atoms with E-state index >= 15 is 0 Å². The van der Waals surface area contributed by atoms with Crippen LogP contribution in [0.3, 0.4) is 0 Å². The summed E-state index contributed by atoms with van der Waals surface area (Å²) in [6.45, 7) is 9.41. The van der Waals surface area contributed by atoms with E-state index < -0.39 is 0 Å². The molecule has 3 rings (SSSR count). The molecule has 2 nitrogen and oxygen atoms in total. The molecule has 1 saturated carbocycles. The summed E-state index contributed by atoms with van der Waals surface area (Å²) in [7, 11) is 0. The Kier molecular flexibility index (Phi) is 3.92. The van der Waals surface area contributed by atoms with Crippen molar-refractivity contribution in [3.63, 3.8) is 0 Å². The minimum Gasteiger partial charge on any atom is -0.308 e. The van der Waals surface area contributed by atoms with Gasteiger partial charge >= 0.3 is 0 Å². The lowest BCUT2D eigenvalue weighted by Crippen LogP contribution is -2.67. The predicted molar refractivity (Wildman–Crippen MR) is 87.7 cm³/mol. The fourth-order valence-corrected chi connectivity index (χ4v) is 3.74. The summed E-state index contributed by atoms with van der Waals surface area (Å²) in [6.07, 6.45) is 2.64. The number of nitrogens with one attached hydrogen (secondary N) is 1. The monoisotopic (exact) mass is 354 g/mol. The van der Waals surface area contributed by atoms with E-state index in [4.69, 9.17) is 0 Å². The van der Waals surface area contributed by atoms with Gasteiger partial charge in [0.15, 0.2) is 0 Å². The number of halogens is 2. The summed E-state index contributed by atoms with van der Waals surface area (Å²) in [6, 6.07) is 5.21. The Balaban J connectivity index is 1.82. The lowest BCUT2D eigenvalue weighted by Gasteiger charge is -2.51.